The van der Waals surface area contributed by atoms with E-state index >= 15 is 0 Å². The third-order valence-electron chi connectivity index (χ3n) is 7.02. The van der Waals surface area contributed by atoms with Gasteiger partial charge in [0.05, 0.1) is 5.56 Å². The Labute approximate surface area is 174 Å². The number of hydrogen-bond acceptors (Lipinski definition) is 6. The average molecular weight is 401 g/mol. The topological polar surface area (TPSA) is 96.2 Å². The van der Waals surface area contributed by atoms with E-state index in [4.69, 9.17) is 5.73 Å². The molecule has 4 N–H and O–H groups in total. The molecule has 2 aliphatic carbocycles. The van der Waals surface area contributed by atoms with Crippen LogP contribution >= 0.6 is 0 Å². The molecule has 0 unspecified atom stereocenters. The molecule has 3 fully saturated rings. The van der Waals surface area contributed by atoms with E-state index in [1.807, 2.05) is 0 Å². The fourth-order valence-corrected chi connectivity index (χ4v) is 5.37. The van der Waals surface area contributed by atoms with Gasteiger partial charge in [-0.2, -0.15) is 4.98 Å². The molecule has 1 aliphatic heterocycles. The van der Waals surface area contributed by atoms with Crippen molar-refractivity contribution >= 4 is 17.7 Å². The first kappa shape index (κ1) is 20.4. The molecule has 7 nitrogen and oxygen atoms in total. The summed E-state index contributed by atoms with van der Waals surface area (Å²) in [6.45, 7) is 4.83. The Bertz CT molecular complexity index is 697. The number of rotatable bonds is 6. The van der Waals surface area contributed by atoms with E-state index < -0.39 is 5.91 Å². The Morgan fingerprint density at radius 2 is 1.79 bits per heavy atom. The maximum atomic E-state index is 11.9. The van der Waals surface area contributed by atoms with E-state index in [-0.39, 0.29) is 0 Å². The summed E-state index contributed by atoms with van der Waals surface area (Å²) < 4.78 is 0. The summed E-state index contributed by atoms with van der Waals surface area (Å²) in [5.74, 6) is 1.41. The van der Waals surface area contributed by atoms with Gasteiger partial charge in [0.15, 0.2) is 0 Å². The van der Waals surface area contributed by atoms with Gasteiger partial charge >= 0.3 is 0 Å². The zero-order valence-electron chi connectivity index (χ0n) is 17.7. The Balaban J connectivity index is 1.38. The maximum Gasteiger partial charge on any atom is 0.254 e. The molecule has 0 radical (unpaired) electrons. The summed E-state index contributed by atoms with van der Waals surface area (Å²) in [4.78, 5) is 23.6. The van der Waals surface area contributed by atoms with Crippen molar-refractivity contribution in [3.8, 4) is 0 Å². The van der Waals surface area contributed by atoms with Gasteiger partial charge in [0.1, 0.15) is 5.82 Å². The number of nitrogens with zero attached hydrogens (tertiary/aromatic N) is 3. The molecule has 1 saturated heterocycles. The van der Waals surface area contributed by atoms with E-state index in [1.165, 1.54) is 51.6 Å². The summed E-state index contributed by atoms with van der Waals surface area (Å²) in [5.41, 5.74) is 5.95. The van der Waals surface area contributed by atoms with E-state index in [0.717, 1.165) is 31.7 Å². The first-order chi connectivity index (χ1) is 14.1. The van der Waals surface area contributed by atoms with Gasteiger partial charge in [0.2, 0.25) is 5.95 Å². The molecular formula is C22H36N6O. The Morgan fingerprint density at radius 3 is 2.48 bits per heavy atom. The summed E-state index contributed by atoms with van der Waals surface area (Å²) in [7, 11) is 0. The molecule has 3 aliphatic rings. The van der Waals surface area contributed by atoms with Crippen LogP contribution in [0.1, 0.15) is 81.5 Å². The van der Waals surface area contributed by atoms with Crippen LogP contribution in [0, 0.1) is 5.92 Å². The van der Waals surface area contributed by atoms with Crippen LogP contribution in [0.25, 0.3) is 0 Å². The van der Waals surface area contributed by atoms with Gasteiger partial charge in [-0.05, 0) is 70.4 Å². The second-order valence-electron chi connectivity index (χ2n) is 9.33. The van der Waals surface area contributed by atoms with Crippen LogP contribution in [-0.4, -0.2) is 52.0 Å². The minimum atomic E-state index is -0.478. The van der Waals surface area contributed by atoms with Gasteiger partial charge in [0, 0.05) is 24.3 Å². The molecule has 160 valence electrons. The minimum absolute atomic E-state index is 0.343. The number of hydrogen-bond donors (Lipinski definition) is 3. The van der Waals surface area contributed by atoms with Gasteiger partial charge in [-0.25, -0.2) is 4.98 Å². The Hall–Kier alpha value is -1.89. The van der Waals surface area contributed by atoms with Crippen LogP contribution in [-0.2, 0) is 0 Å². The Kier molecular flexibility index (Phi) is 6.53. The number of aromatic nitrogens is 2. The maximum absolute atomic E-state index is 11.9. The van der Waals surface area contributed by atoms with Crippen molar-refractivity contribution in [1.29, 1.82) is 0 Å². The smallest absolute Gasteiger partial charge is 0.254 e. The molecule has 0 aromatic carbocycles. The van der Waals surface area contributed by atoms with Crippen molar-refractivity contribution < 1.29 is 4.79 Å². The monoisotopic (exact) mass is 400 g/mol. The van der Waals surface area contributed by atoms with E-state index in [1.54, 1.807) is 6.20 Å². The lowest BCUT2D eigenvalue weighted by Crippen LogP contribution is -2.39. The first-order valence-corrected chi connectivity index (χ1v) is 11.5. The van der Waals surface area contributed by atoms with Gasteiger partial charge in [-0.15, -0.1) is 0 Å². The van der Waals surface area contributed by atoms with Crippen LogP contribution in [0.5, 0.6) is 0 Å². The van der Waals surface area contributed by atoms with E-state index in [9.17, 15) is 4.79 Å². The van der Waals surface area contributed by atoms with Gasteiger partial charge in [0.25, 0.3) is 5.91 Å². The second kappa shape index (κ2) is 9.28. The average Bonchev–Trinajstić information content (AvgIpc) is 3.23. The third-order valence-corrected chi connectivity index (χ3v) is 7.02. The highest BCUT2D eigenvalue weighted by Gasteiger charge is 2.28. The summed E-state index contributed by atoms with van der Waals surface area (Å²) >= 11 is 0. The van der Waals surface area contributed by atoms with Gasteiger partial charge in [-0.1, -0.05) is 19.8 Å². The van der Waals surface area contributed by atoms with E-state index in [2.05, 4.69) is 32.4 Å². The molecule has 0 bridgehead atoms. The number of nitrogens with two attached hydrogens (primary N) is 1. The van der Waals surface area contributed by atoms with Gasteiger partial charge < -0.3 is 21.3 Å². The molecule has 2 heterocycles. The number of carbonyl (C=O) groups excluding carboxylic acids is 1. The highest BCUT2D eigenvalue weighted by molar-refractivity contribution is 5.97. The van der Waals surface area contributed by atoms with Crippen molar-refractivity contribution in [2.75, 3.05) is 23.7 Å². The highest BCUT2D eigenvalue weighted by atomic mass is 16.1. The molecular weight excluding hydrogens is 364 g/mol. The highest BCUT2D eigenvalue weighted by Crippen LogP contribution is 2.29. The van der Waals surface area contributed by atoms with Crippen molar-refractivity contribution in [3.05, 3.63) is 11.8 Å². The quantitative estimate of drug-likeness (QED) is 0.677. The zero-order valence-corrected chi connectivity index (χ0v) is 17.7. The van der Waals surface area contributed by atoms with Crippen molar-refractivity contribution in [1.82, 2.24) is 14.9 Å². The Morgan fingerprint density at radius 1 is 1.03 bits per heavy atom. The van der Waals surface area contributed by atoms with Gasteiger partial charge in [-0.3, -0.25) is 4.79 Å². The first-order valence-electron chi connectivity index (χ1n) is 11.5. The predicted molar refractivity (Wildman–Crippen MR) is 116 cm³/mol. The second-order valence-corrected chi connectivity index (χ2v) is 9.33. The normalized spacial score (nSPS) is 30.8. The summed E-state index contributed by atoms with van der Waals surface area (Å²) in [5, 5.41) is 7.00. The number of carbonyl (C=O) groups is 1. The summed E-state index contributed by atoms with van der Waals surface area (Å²) in [6.07, 6.45) is 13.7. The van der Waals surface area contributed by atoms with Crippen LogP contribution in [0.15, 0.2) is 6.20 Å². The zero-order chi connectivity index (χ0) is 20.2. The number of primary amides is 1. The molecule has 4 rings (SSSR count). The largest absolute Gasteiger partial charge is 0.366 e. The van der Waals surface area contributed by atoms with Crippen molar-refractivity contribution in [2.24, 2.45) is 11.7 Å². The summed E-state index contributed by atoms with van der Waals surface area (Å²) in [6, 6.07) is 1.49. The number of amides is 1. The minimum Gasteiger partial charge on any atom is -0.366 e. The number of anilines is 2. The third kappa shape index (κ3) is 5.18. The van der Waals surface area contributed by atoms with Crippen LogP contribution in [0.4, 0.5) is 11.8 Å². The lowest BCUT2D eigenvalue weighted by molar-refractivity contribution is 0.100. The molecule has 1 amide bonds. The van der Waals surface area contributed by atoms with Crippen LogP contribution in [0.3, 0.4) is 0 Å². The molecule has 29 heavy (non-hydrogen) atoms. The molecule has 2 saturated carbocycles. The van der Waals surface area contributed by atoms with Crippen molar-refractivity contribution in [3.63, 3.8) is 0 Å². The lowest BCUT2D eigenvalue weighted by atomic mass is 9.87. The lowest BCUT2D eigenvalue weighted by Gasteiger charge is -2.34. The molecule has 1 aromatic heterocycles. The molecule has 1 aromatic rings. The molecule has 7 heteroatoms. The fraction of sp³-hybridized carbons (Fsp3) is 0.773. The molecule has 2 atom stereocenters. The van der Waals surface area contributed by atoms with Crippen molar-refractivity contribution in [2.45, 2.75) is 89.3 Å². The molecule has 0 spiro atoms. The van der Waals surface area contributed by atoms with Crippen LogP contribution in [0.2, 0.25) is 0 Å². The standard InChI is InChI=1S/C22H36N6O/c1-15-5-4-6-17(13-15)25-21-19(20(23)29)14-24-22(27-21)26-16-7-9-18(10-8-16)28-11-2-3-12-28/h14-18H,2-13H2,1H3,(H2,23,29)(H2,24,25,26,27)/t15-,16-,17+,18-/m0/s1. The van der Waals surface area contributed by atoms with Crippen LogP contribution < -0.4 is 16.4 Å². The SMILES string of the molecule is C[C@H]1CCC[C@@H](Nc2nc(N[C@H]3CC[C@H](N4CCCC4)CC3)ncc2C(N)=O)C1. The van der Waals surface area contributed by atoms with E-state index in [0.29, 0.717) is 35.3 Å². The number of nitrogens with one attached hydrogen (secondary N) is 2. The fourth-order valence-electron chi connectivity index (χ4n) is 5.37. The predicted octanol–water partition coefficient (Wildman–Crippen LogP) is 3.39. The number of likely N-dealkylation sites (tertiary alicyclic amines) is 1.